The Kier molecular flexibility index (Phi) is 7.65. The molecule has 0 saturated carbocycles. The minimum absolute atomic E-state index is 0.217. The summed E-state index contributed by atoms with van der Waals surface area (Å²) in [5, 5.41) is 8.72. The molecular weight excluding hydrogens is 366 g/mol. The van der Waals surface area contributed by atoms with Crippen molar-refractivity contribution in [1.82, 2.24) is 4.31 Å². The summed E-state index contributed by atoms with van der Waals surface area (Å²) in [6, 6.07) is 14.6. The first kappa shape index (κ1) is 21.2. The highest BCUT2D eigenvalue weighted by molar-refractivity contribution is 7.89. The number of benzene rings is 2. The van der Waals surface area contributed by atoms with Gasteiger partial charge in [0.25, 0.3) is 0 Å². The molecule has 0 amide bonds. The first-order valence-electron chi connectivity index (χ1n) is 8.80. The molecule has 7 heteroatoms. The quantitative estimate of drug-likeness (QED) is 0.672. The number of rotatable bonds is 10. The van der Waals surface area contributed by atoms with Crippen LogP contribution in [-0.2, 0) is 23.1 Å². The summed E-state index contributed by atoms with van der Waals surface area (Å²) in [4.78, 5) is 0. The molecule has 1 unspecified atom stereocenters. The SMILES string of the molecule is CCC(CO)S(=O)(=O)N(Cc1ccc(OC)cc1)Cc1ccc(OC)cc1. The van der Waals surface area contributed by atoms with E-state index < -0.39 is 21.9 Å². The minimum Gasteiger partial charge on any atom is -0.497 e. The van der Waals surface area contributed by atoms with Crippen LogP contribution in [0.4, 0.5) is 0 Å². The molecule has 0 aliphatic rings. The van der Waals surface area contributed by atoms with Crippen LogP contribution in [0.3, 0.4) is 0 Å². The molecule has 2 aromatic rings. The molecule has 0 radical (unpaired) electrons. The zero-order valence-corrected chi connectivity index (χ0v) is 16.8. The van der Waals surface area contributed by atoms with Crippen LogP contribution in [0.25, 0.3) is 0 Å². The summed E-state index contributed by atoms with van der Waals surface area (Å²) >= 11 is 0. The maximum Gasteiger partial charge on any atom is 0.219 e. The summed E-state index contributed by atoms with van der Waals surface area (Å²) in [6.07, 6.45) is 0.348. The first-order chi connectivity index (χ1) is 12.9. The second-order valence-electron chi connectivity index (χ2n) is 6.22. The van der Waals surface area contributed by atoms with Gasteiger partial charge in [-0.1, -0.05) is 31.2 Å². The summed E-state index contributed by atoms with van der Waals surface area (Å²) in [7, 11) is -0.499. The van der Waals surface area contributed by atoms with Gasteiger partial charge in [0.15, 0.2) is 0 Å². The number of ether oxygens (including phenoxy) is 2. The van der Waals surface area contributed by atoms with E-state index in [1.54, 1.807) is 45.4 Å². The summed E-state index contributed by atoms with van der Waals surface area (Å²) < 4.78 is 37.9. The first-order valence-corrected chi connectivity index (χ1v) is 10.3. The molecule has 27 heavy (non-hydrogen) atoms. The summed E-state index contributed by atoms with van der Waals surface area (Å²) in [5.41, 5.74) is 1.70. The molecule has 1 atom stereocenters. The van der Waals surface area contributed by atoms with Crippen molar-refractivity contribution in [3.8, 4) is 11.5 Å². The molecule has 2 aromatic carbocycles. The van der Waals surface area contributed by atoms with E-state index in [1.165, 1.54) is 4.31 Å². The molecular formula is C20H27NO5S. The summed E-state index contributed by atoms with van der Waals surface area (Å²) in [6.45, 7) is 1.79. The van der Waals surface area contributed by atoms with Gasteiger partial charge in [-0.3, -0.25) is 0 Å². The summed E-state index contributed by atoms with van der Waals surface area (Å²) in [5.74, 6) is 1.43. The normalized spacial score (nSPS) is 12.8. The predicted molar refractivity (Wildman–Crippen MR) is 105 cm³/mol. The number of sulfonamides is 1. The van der Waals surface area contributed by atoms with Gasteiger partial charge in [0.2, 0.25) is 10.0 Å². The van der Waals surface area contributed by atoms with Crippen LogP contribution < -0.4 is 9.47 Å². The average Bonchev–Trinajstić information content (AvgIpc) is 2.69. The van der Waals surface area contributed by atoms with Crippen molar-refractivity contribution in [2.24, 2.45) is 0 Å². The van der Waals surface area contributed by atoms with Crippen molar-refractivity contribution in [3.05, 3.63) is 59.7 Å². The van der Waals surface area contributed by atoms with Crippen LogP contribution in [0.1, 0.15) is 24.5 Å². The van der Waals surface area contributed by atoms with E-state index in [0.717, 1.165) is 11.1 Å². The standard InChI is InChI=1S/C20H27NO5S/c1-4-20(15-22)27(23,24)21(13-16-5-9-18(25-2)10-6-16)14-17-7-11-19(26-3)12-8-17/h5-12,20,22H,4,13-15H2,1-3H3. The Labute approximate surface area is 161 Å². The van der Waals surface area contributed by atoms with Crippen LogP contribution in [0.15, 0.2) is 48.5 Å². The lowest BCUT2D eigenvalue weighted by molar-refractivity contribution is 0.279. The maximum atomic E-state index is 13.1. The molecule has 0 saturated heterocycles. The van der Waals surface area contributed by atoms with Crippen LogP contribution in [-0.4, -0.2) is 43.9 Å². The number of methoxy groups -OCH3 is 2. The van der Waals surface area contributed by atoms with E-state index in [9.17, 15) is 13.5 Å². The van der Waals surface area contributed by atoms with Crippen LogP contribution in [0.2, 0.25) is 0 Å². The molecule has 2 rings (SSSR count). The van der Waals surface area contributed by atoms with Crippen molar-refractivity contribution in [1.29, 1.82) is 0 Å². The van der Waals surface area contributed by atoms with E-state index in [0.29, 0.717) is 17.9 Å². The molecule has 148 valence electrons. The highest BCUT2D eigenvalue weighted by Gasteiger charge is 2.30. The molecule has 0 spiro atoms. The fraction of sp³-hybridized carbons (Fsp3) is 0.400. The Bertz CT molecular complexity index is 750. The fourth-order valence-electron chi connectivity index (χ4n) is 2.75. The Morgan fingerprint density at radius 3 is 1.59 bits per heavy atom. The Morgan fingerprint density at radius 2 is 1.30 bits per heavy atom. The van der Waals surface area contributed by atoms with Crippen molar-refractivity contribution in [2.45, 2.75) is 31.7 Å². The zero-order chi connectivity index (χ0) is 19.9. The van der Waals surface area contributed by atoms with E-state index in [4.69, 9.17) is 9.47 Å². The van der Waals surface area contributed by atoms with E-state index in [-0.39, 0.29) is 13.1 Å². The third kappa shape index (κ3) is 5.45. The zero-order valence-electron chi connectivity index (χ0n) is 16.0. The second kappa shape index (κ2) is 9.73. The van der Waals surface area contributed by atoms with Gasteiger partial charge >= 0.3 is 0 Å². The van der Waals surface area contributed by atoms with Gasteiger partial charge in [-0.2, -0.15) is 4.31 Å². The van der Waals surface area contributed by atoms with Gasteiger partial charge in [-0.15, -0.1) is 0 Å². The van der Waals surface area contributed by atoms with Crippen molar-refractivity contribution in [2.75, 3.05) is 20.8 Å². The number of aliphatic hydroxyl groups is 1. The highest BCUT2D eigenvalue weighted by Crippen LogP contribution is 2.22. The van der Waals surface area contributed by atoms with Crippen molar-refractivity contribution < 1.29 is 23.0 Å². The topological polar surface area (TPSA) is 76.1 Å². The highest BCUT2D eigenvalue weighted by atomic mass is 32.2. The van der Waals surface area contributed by atoms with Gasteiger partial charge in [-0.05, 0) is 41.8 Å². The van der Waals surface area contributed by atoms with Crippen molar-refractivity contribution >= 4 is 10.0 Å². The van der Waals surface area contributed by atoms with Gasteiger partial charge in [0, 0.05) is 13.1 Å². The van der Waals surface area contributed by atoms with Crippen LogP contribution in [0.5, 0.6) is 11.5 Å². The Hall–Kier alpha value is -2.09. The maximum absolute atomic E-state index is 13.1. The van der Waals surface area contributed by atoms with Crippen LogP contribution >= 0.6 is 0 Å². The van der Waals surface area contributed by atoms with Crippen LogP contribution in [0, 0.1) is 0 Å². The molecule has 0 bridgehead atoms. The second-order valence-corrected chi connectivity index (χ2v) is 8.43. The molecule has 0 aliphatic carbocycles. The molecule has 0 heterocycles. The smallest absolute Gasteiger partial charge is 0.219 e. The van der Waals surface area contributed by atoms with Gasteiger partial charge in [0.05, 0.1) is 26.1 Å². The number of hydrogen-bond acceptors (Lipinski definition) is 5. The lowest BCUT2D eigenvalue weighted by Crippen LogP contribution is -2.39. The van der Waals surface area contributed by atoms with Gasteiger partial charge in [0.1, 0.15) is 11.5 Å². The molecule has 6 nitrogen and oxygen atoms in total. The van der Waals surface area contributed by atoms with Gasteiger partial charge in [-0.25, -0.2) is 8.42 Å². The lowest BCUT2D eigenvalue weighted by Gasteiger charge is -2.26. The monoisotopic (exact) mass is 393 g/mol. The van der Waals surface area contributed by atoms with Crippen molar-refractivity contribution in [3.63, 3.8) is 0 Å². The number of hydrogen-bond donors (Lipinski definition) is 1. The Morgan fingerprint density at radius 1 is 0.889 bits per heavy atom. The molecule has 1 N–H and O–H groups in total. The minimum atomic E-state index is -3.67. The Balaban J connectivity index is 2.31. The average molecular weight is 394 g/mol. The van der Waals surface area contributed by atoms with E-state index >= 15 is 0 Å². The van der Waals surface area contributed by atoms with E-state index in [1.807, 2.05) is 24.3 Å². The molecule has 0 aliphatic heterocycles. The lowest BCUT2D eigenvalue weighted by atomic mass is 10.2. The number of aliphatic hydroxyl groups excluding tert-OH is 1. The molecule has 0 aromatic heterocycles. The van der Waals surface area contributed by atoms with E-state index in [2.05, 4.69) is 0 Å². The third-order valence-electron chi connectivity index (χ3n) is 4.48. The van der Waals surface area contributed by atoms with Gasteiger partial charge < -0.3 is 14.6 Å². The third-order valence-corrected chi connectivity index (χ3v) is 6.78. The largest absolute Gasteiger partial charge is 0.497 e. The number of nitrogens with zero attached hydrogens (tertiary/aromatic N) is 1. The molecule has 0 fully saturated rings. The fourth-order valence-corrected chi connectivity index (χ4v) is 4.44. The predicted octanol–water partition coefficient (Wildman–Crippen LogP) is 2.81.